The third-order valence-electron chi connectivity index (χ3n) is 17.3. The standard InChI is InChI=1S/C52H66N4O8S2/c1-3-51(20-4-5-21-51)26-39-37-13-12-36-35-18-22-52(46(36)45(37)49(61)63-39)40-15-14-34(32-10-8-31(9-11-32)7-6-24-57)48(54-27-30(2)58)66-65-29-55-41-25-33(19-23-53-41)38(44(35)47(52)50(62)64-40)28-56-42(59)16-17-43(56)60/h15-17,19,23,25-26,30-32,34-36,38,46,48,54,57-58H,3-14,18,20-22,24,27-29H2,1-2H3,(H,53,55). The van der Waals surface area contributed by atoms with Crippen molar-refractivity contribution in [2.75, 3.05) is 30.9 Å². The zero-order valence-electron chi connectivity index (χ0n) is 38.4. The van der Waals surface area contributed by atoms with Gasteiger partial charge in [0, 0.05) is 61.0 Å². The van der Waals surface area contributed by atoms with E-state index in [-0.39, 0.29) is 65.4 Å². The zero-order chi connectivity index (χ0) is 45.7. The molecule has 8 atom stereocenters. The normalized spacial score (nSPS) is 34.9. The van der Waals surface area contributed by atoms with Gasteiger partial charge in [-0.05, 0) is 154 Å². The maximum atomic E-state index is 15.2. The first-order valence-electron chi connectivity index (χ1n) is 24.9. The van der Waals surface area contributed by atoms with Gasteiger partial charge < -0.3 is 30.3 Å². The number of hydrogen-bond donors (Lipinski definition) is 4. The number of ether oxygens (including phenoxy) is 2. The molecule has 4 aliphatic heterocycles. The molecule has 1 aromatic rings. The third-order valence-corrected chi connectivity index (χ3v) is 19.8. The number of rotatable bonds is 11. The minimum atomic E-state index is -0.950. The molecule has 10 aliphatic rings. The molecule has 8 unspecified atom stereocenters. The number of pyridine rings is 1. The molecule has 5 heterocycles. The lowest BCUT2D eigenvalue weighted by Crippen LogP contribution is -2.53. The van der Waals surface area contributed by atoms with Gasteiger partial charge in [0.2, 0.25) is 0 Å². The summed E-state index contributed by atoms with van der Waals surface area (Å²) in [5, 5.41) is 27.4. The Balaban J connectivity index is 1.15. The fourth-order valence-electron chi connectivity index (χ4n) is 14.1. The van der Waals surface area contributed by atoms with Crippen molar-refractivity contribution < 1.29 is 38.9 Å². The van der Waals surface area contributed by atoms with E-state index in [0.29, 0.717) is 66.2 Å². The highest BCUT2D eigenvalue weighted by molar-refractivity contribution is 8.76. The van der Waals surface area contributed by atoms with Crippen LogP contribution in [-0.2, 0) is 28.7 Å². The van der Waals surface area contributed by atoms with Crippen LogP contribution in [0.25, 0.3) is 0 Å². The average molecular weight is 939 g/mol. The van der Waals surface area contributed by atoms with Gasteiger partial charge in [0.05, 0.1) is 28.3 Å². The number of carbonyl (C=O) groups is 4. The molecular formula is C52H66N4O8S2. The molecule has 354 valence electrons. The Bertz CT molecular complexity index is 2250. The van der Waals surface area contributed by atoms with E-state index in [4.69, 9.17) is 14.5 Å². The molecule has 4 fully saturated rings. The molecule has 0 aromatic carbocycles. The van der Waals surface area contributed by atoms with Crippen LogP contribution in [0.15, 0.2) is 76.4 Å². The molecule has 2 amide bonds. The number of aromatic nitrogens is 1. The maximum Gasteiger partial charge on any atom is 0.340 e. The van der Waals surface area contributed by atoms with Gasteiger partial charge in [-0.1, -0.05) is 54.2 Å². The molecular weight excluding hydrogens is 873 g/mol. The molecule has 11 rings (SSSR count). The van der Waals surface area contributed by atoms with Gasteiger partial charge in [-0.15, -0.1) is 0 Å². The molecule has 4 N–H and O–H groups in total. The van der Waals surface area contributed by atoms with E-state index in [1.165, 1.54) is 17.1 Å². The molecule has 1 aromatic heterocycles. The lowest BCUT2D eigenvalue weighted by Gasteiger charge is -2.57. The largest absolute Gasteiger partial charge is 0.427 e. The molecule has 0 radical (unpaired) electrons. The highest BCUT2D eigenvalue weighted by Crippen LogP contribution is 2.72. The zero-order valence-corrected chi connectivity index (χ0v) is 40.1. The van der Waals surface area contributed by atoms with Gasteiger partial charge in [0.15, 0.2) is 0 Å². The minimum absolute atomic E-state index is 0.00349. The molecule has 66 heavy (non-hydrogen) atoms. The van der Waals surface area contributed by atoms with Crippen molar-refractivity contribution in [2.24, 2.45) is 46.3 Å². The van der Waals surface area contributed by atoms with E-state index in [1.54, 1.807) is 34.7 Å². The number of carbonyl (C=O) groups excluding carboxylic acids is 4. The van der Waals surface area contributed by atoms with Crippen molar-refractivity contribution in [3.05, 3.63) is 82.0 Å². The predicted octanol–water partition coefficient (Wildman–Crippen LogP) is 8.62. The van der Waals surface area contributed by atoms with Crippen molar-refractivity contribution >= 4 is 51.2 Å². The summed E-state index contributed by atoms with van der Waals surface area (Å²) in [6.07, 6.45) is 23.5. The second-order valence-electron chi connectivity index (χ2n) is 20.7. The Kier molecular flexibility index (Phi) is 13.3. The van der Waals surface area contributed by atoms with Crippen LogP contribution in [0, 0.1) is 46.3 Å². The number of aliphatic hydroxyl groups excluding tert-OH is 2. The molecule has 1 spiro atoms. The van der Waals surface area contributed by atoms with Crippen LogP contribution in [0.5, 0.6) is 0 Å². The highest BCUT2D eigenvalue weighted by atomic mass is 33.1. The van der Waals surface area contributed by atoms with Crippen LogP contribution in [-0.4, -0.2) is 80.9 Å². The van der Waals surface area contributed by atoms with Crippen molar-refractivity contribution in [3.63, 3.8) is 0 Å². The number of fused-ring (bicyclic) bond motifs is 3. The number of cyclic esters (lactones) is 1. The van der Waals surface area contributed by atoms with Gasteiger partial charge in [-0.25, -0.2) is 14.6 Å². The predicted molar refractivity (Wildman–Crippen MR) is 255 cm³/mol. The number of hydrogen-bond acceptors (Lipinski definition) is 13. The number of nitrogens with zero attached hydrogens (tertiary/aromatic N) is 2. The second kappa shape index (κ2) is 19.0. The number of nitrogens with one attached hydrogen (secondary N) is 2. The van der Waals surface area contributed by atoms with Crippen molar-refractivity contribution in [1.82, 2.24) is 15.2 Å². The molecule has 6 aliphatic carbocycles. The summed E-state index contributed by atoms with van der Waals surface area (Å²) in [4.78, 5) is 62.7. The summed E-state index contributed by atoms with van der Waals surface area (Å²) in [5.41, 5.74) is 3.13. The second-order valence-corrected chi connectivity index (χ2v) is 23.2. The lowest BCUT2D eigenvalue weighted by molar-refractivity contribution is -0.137. The number of imide groups is 1. The van der Waals surface area contributed by atoms with Crippen molar-refractivity contribution in [2.45, 2.75) is 134 Å². The molecule has 7 bridgehead atoms. The van der Waals surface area contributed by atoms with E-state index >= 15 is 4.79 Å². The van der Waals surface area contributed by atoms with E-state index in [0.717, 1.165) is 106 Å². The van der Waals surface area contributed by atoms with Crippen LogP contribution in [0.2, 0.25) is 0 Å². The van der Waals surface area contributed by atoms with Crippen molar-refractivity contribution in [1.29, 1.82) is 0 Å². The quantitative estimate of drug-likeness (QED) is 0.0947. The average Bonchev–Trinajstić information content (AvgIpc) is 4.08. The van der Waals surface area contributed by atoms with Crippen LogP contribution in [0.1, 0.15) is 128 Å². The fraction of sp³-hybridized carbons (Fsp3) is 0.635. The van der Waals surface area contributed by atoms with Crippen LogP contribution < -0.4 is 10.6 Å². The van der Waals surface area contributed by atoms with Crippen LogP contribution >= 0.6 is 21.6 Å². The summed E-state index contributed by atoms with van der Waals surface area (Å²) in [6, 6.07) is 3.94. The van der Waals surface area contributed by atoms with E-state index in [1.807, 2.05) is 12.1 Å². The summed E-state index contributed by atoms with van der Waals surface area (Å²) in [7, 11) is 3.46. The number of aliphatic hydroxyl groups is 2. The smallest absolute Gasteiger partial charge is 0.340 e. The molecule has 12 nitrogen and oxygen atoms in total. The number of esters is 2. The highest BCUT2D eigenvalue weighted by Gasteiger charge is 2.69. The Hall–Kier alpha value is -3.69. The van der Waals surface area contributed by atoms with E-state index in [9.17, 15) is 24.6 Å². The summed E-state index contributed by atoms with van der Waals surface area (Å²) < 4.78 is 13.1. The van der Waals surface area contributed by atoms with Crippen LogP contribution in [0.4, 0.5) is 5.82 Å². The lowest BCUT2D eigenvalue weighted by atomic mass is 9.43. The van der Waals surface area contributed by atoms with E-state index < -0.39 is 23.4 Å². The first-order chi connectivity index (χ1) is 32.0. The summed E-state index contributed by atoms with van der Waals surface area (Å²) in [5.74, 6) is 1.22. The van der Waals surface area contributed by atoms with Gasteiger partial charge >= 0.3 is 11.9 Å². The third kappa shape index (κ3) is 8.26. The molecule has 3 saturated carbocycles. The Morgan fingerprint density at radius 2 is 1.80 bits per heavy atom. The number of anilines is 1. The first-order valence-corrected chi connectivity index (χ1v) is 27.3. The number of amides is 2. The van der Waals surface area contributed by atoms with Gasteiger partial charge in [-0.2, -0.15) is 0 Å². The van der Waals surface area contributed by atoms with Gasteiger partial charge in [0.1, 0.15) is 17.3 Å². The van der Waals surface area contributed by atoms with Crippen LogP contribution in [0.3, 0.4) is 0 Å². The summed E-state index contributed by atoms with van der Waals surface area (Å²) in [6.45, 7) is 4.75. The van der Waals surface area contributed by atoms with Crippen molar-refractivity contribution in [3.8, 4) is 0 Å². The SMILES string of the molecule is CCC1(C=C2OC(=O)C3=C2CCC2C4CCC5(C6=CCC(C7CCC(CCCO)CC7)C(NCC(C)O)SSCNc7cc(ccn7)C(CN7C(=O)C=CC7=O)C4=C5C(=O)O6)C32)CCCC1. The first kappa shape index (κ1) is 46.1. The summed E-state index contributed by atoms with van der Waals surface area (Å²) >= 11 is 0. The van der Waals surface area contributed by atoms with Gasteiger partial charge in [-0.3, -0.25) is 14.5 Å². The Morgan fingerprint density at radius 1 is 1.02 bits per heavy atom. The fourth-order valence-corrected chi connectivity index (χ4v) is 16.6. The monoisotopic (exact) mass is 938 g/mol. The maximum absolute atomic E-state index is 15.2. The minimum Gasteiger partial charge on any atom is -0.427 e. The Morgan fingerprint density at radius 3 is 2.55 bits per heavy atom. The number of allylic oxidation sites excluding steroid dienone is 4. The van der Waals surface area contributed by atoms with E-state index in [2.05, 4.69) is 29.7 Å². The topological polar surface area (TPSA) is 167 Å². The Labute approximate surface area is 396 Å². The molecule has 1 saturated heterocycles. The molecule has 14 heteroatoms. The van der Waals surface area contributed by atoms with Gasteiger partial charge in [0.25, 0.3) is 11.8 Å².